The van der Waals surface area contributed by atoms with Crippen LogP contribution >= 0.6 is 0 Å². The van der Waals surface area contributed by atoms with Crippen LogP contribution in [0.25, 0.3) is 67.4 Å². The molecule has 0 heterocycles. The summed E-state index contributed by atoms with van der Waals surface area (Å²) in [6, 6.07) is 55.4. The first-order valence-corrected chi connectivity index (χ1v) is 15.3. The van der Waals surface area contributed by atoms with Gasteiger partial charge in [-0.15, -0.1) is 0 Å². The largest absolute Gasteiger partial charge is 0.456 e. The summed E-state index contributed by atoms with van der Waals surface area (Å²) < 4.78 is 6.71. The smallest absolute Gasteiger partial charge is 0.135 e. The molecule has 0 bridgehead atoms. The van der Waals surface area contributed by atoms with Gasteiger partial charge in [0.15, 0.2) is 0 Å². The van der Waals surface area contributed by atoms with Crippen molar-refractivity contribution >= 4 is 67.4 Å². The fraction of sp³-hybridized carbons (Fsp3) is 0. The van der Waals surface area contributed by atoms with Crippen molar-refractivity contribution in [1.29, 1.82) is 0 Å². The Morgan fingerprint density at radius 1 is 0.267 bits per heavy atom. The average molecular weight is 575 g/mol. The second-order valence-electron chi connectivity index (χ2n) is 11.3. The molecular weight excluding hydrogens is 544 g/mol. The number of hydrogen-bond acceptors (Lipinski definition) is 1. The van der Waals surface area contributed by atoms with Crippen LogP contribution in [0.15, 0.2) is 158 Å². The minimum absolute atomic E-state index is 0.845. The van der Waals surface area contributed by atoms with Crippen LogP contribution in [-0.2, 0) is 0 Å². The van der Waals surface area contributed by atoms with E-state index in [0.29, 0.717) is 0 Å². The molecule has 0 radical (unpaired) electrons. The quantitative estimate of drug-likeness (QED) is 0.180. The summed E-state index contributed by atoms with van der Waals surface area (Å²) in [5.74, 6) is 1.69. The number of fused-ring (bicyclic) bond motifs is 4. The van der Waals surface area contributed by atoms with Gasteiger partial charge in [-0.2, -0.15) is 0 Å². The number of benzene rings is 8. The van der Waals surface area contributed by atoms with Gasteiger partial charge in [-0.25, -0.2) is 0 Å². The SMILES string of the molecule is C(=C\c1ccc(Oc2ccc(/C=C/c3cccc4ccccc34)c3ccccc23)c2ccccc12)/c1cccc2ccccc12. The molecule has 0 amide bonds. The summed E-state index contributed by atoms with van der Waals surface area (Å²) in [5.41, 5.74) is 4.73. The van der Waals surface area contributed by atoms with Gasteiger partial charge in [-0.3, -0.25) is 0 Å². The predicted octanol–water partition coefficient (Wildman–Crippen LogP) is 12.4. The van der Waals surface area contributed by atoms with Crippen LogP contribution < -0.4 is 4.74 Å². The molecule has 0 saturated heterocycles. The summed E-state index contributed by atoms with van der Waals surface area (Å²) in [4.78, 5) is 0. The van der Waals surface area contributed by atoms with Crippen molar-refractivity contribution in [2.45, 2.75) is 0 Å². The van der Waals surface area contributed by atoms with Gasteiger partial charge in [-0.1, -0.05) is 170 Å². The van der Waals surface area contributed by atoms with Crippen LogP contribution in [-0.4, -0.2) is 0 Å². The van der Waals surface area contributed by atoms with Crippen molar-refractivity contribution in [3.05, 3.63) is 180 Å². The van der Waals surface area contributed by atoms with E-state index in [1.54, 1.807) is 0 Å². The third kappa shape index (κ3) is 5.15. The summed E-state index contributed by atoms with van der Waals surface area (Å²) in [7, 11) is 0. The van der Waals surface area contributed by atoms with Gasteiger partial charge in [-0.05, 0) is 66.7 Å². The maximum Gasteiger partial charge on any atom is 0.135 e. The maximum absolute atomic E-state index is 6.71. The molecule has 0 fully saturated rings. The van der Waals surface area contributed by atoms with Crippen LogP contribution in [0.3, 0.4) is 0 Å². The molecular formula is C44H30O. The first-order chi connectivity index (χ1) is 22.3. The lowest BCUT2D eigenvalue weighted by molar-refractivity contribution is 0.494. The average Bonchev–Trinajstić information content (AvgIpc) is 3.11. The minimum atomic E-state index is 0.845. The van der Waals surface area contributed by atoms with E-state index in [-0.39, 0.29) is 0 Å². The van der Waals surface area contributed by atoms with Gasteiger partial charge >= 0.3 is 0 Å². The van der Waals surface area contributed by atoms with Gasteiger partial charge < -0.3 is 4.74 Å². The van der Waals surface area contributed by atoms with Gasteiger partial charge in [0, 0.05) is 10.8 Å². The monoisotopic (exact) mass is 574 g/mol. The standard InChI is InChI=1S/C44H30O/c1-3-17-37-31(11-1)13-9-15-33(37)23-25-35-27-29-43(41-21-7-5-19-39(35)41)45-44-30-28-36(40-20-6-8-22-42(40)44)26-24-34-16-10-14-32-12-2-4-18-38(32)34/h1-30H/b25-23+,26-24+. The summed E-state index contributed by atoms with van der Waals surface area (Å²) in [6.45, 7) is 0. The van der Waals surface area contributed by atoms with E-state index >= 15 is 0 Å². The molecule has 45 heavy (non-hydrogen) atoms. The Bertz CT molecular complexity index is 2230. The number of rotatable bonds is 6. The van der Waals surface area contributed by atoms with Crippen molar-refractivity contribution in [3.8, 4) is 11.5 Å². The van der Waals surface area contributed by atoms with Crippen LogP contribution in [0.5, 0.6) is 11.5 Å². The Kier molecular flexibility index (Phi) is 6.90. The zero-order chi connectivity index (χ0) is 30.0. The fourth-order valence-electron chi connectivity index (χ4n) is 6.33. The third-order valence-corrected chi connectivity index (χ3v) is 8.59. The van der Waals surface area contributed by atoms with E-state index in [4.69, 9.17) is 4.74 Å². The zero-order valence-corrected chi connectivity index (χ0v) is 24.7. The summed E-state index contributed by atoms with van der Waals surface area (Å²) in [5, 5.41) is 9.48. The van der Waals surface area contributed by atoms with Gasteiger partial charge in [0.05, 0.1) is 0 Å². The fourth-order valence-corrected chi connectivity index (χ4v) is 6.33. The molecule has 212 valence electrons. The Labute approximate surface area is 263 Å². The molecule has 1 heteroatoms. The molecule has 0 aliphatic heterocycles. The predicted molar refractivity (Wildman–Crippen MR) is 194 cm³/mol. The molecule has 0 aliphatic carbocycles. The highest BCUT2D eigenvalue weighted by Crippen LogP contribution is 2.37. The lowest BCUT2D eigenvalue weighted by atomic mass is 10.00. The van der Waals surface area contributed by atoms with Crippen molar-refractivity contribution in [3.63, 3.8) is 0 Å². The summed E-state index contributed by atoms with van der Waals surface area (Å²) in [6.07, 6.45) is 8.84. The highest BCUT2D eigenvalue weighted by atomic mass is 16.5. The van der Waals surface area contributed by atoms with E-state index in [1.165, 1.54) is 32.7 Å². The molecule has 1 nitrogen and oxygen atoms in total. The molecule has 0 spiro atoms. The van der Waals surface area contributed by atoms with Gasteiger partial charge in [0.1, 0.15) is 11.5 Å². The third-order valence-electron chi connectivity index (χ3n) is 8.59. The van der Waals surface area contributed by atoms with E-state index in [9.17, 15) is 0 Å². The minimum Gasteiger partial charge on any atom is -0.456 e. The second kappa shape index (κ2) is 11.6. The zero-order valence-electron chi connectivity index (χ0n) is 24.7. The molecule has 0 N–H and O–H groups in total. The Hall–Kier alpha value is -5.92. The Morgan fingerprint density at radius 3 is 1.04 bits per heavy atom. The van der Waals surface area contributed by atoms with Crippen molar-refractivity contribution in [2.75, 3.05) is 0 Å². The first kappa shape index (κ1) is 26.7. The topological polar surface area (TPSA) is 9.23 Å². The molecule has 8 aromatic rings. The van der Waals surface area contributed by atoms with Crippen molar-refractivity contribution < 1.29 is 4.74 Å². The molecule has 0 aliphatic rings. The number of hydrogen-bond donors (Lipinski definition) is 0. The normalized spacial score (nSPS) is 11.8. The lowest BCUT2D eigenvalue weighted by Gasteiger charge is -2.14. The van der Waals surface area contributed by atoms with Gasteiger partial charge in [0.25, 0.3) is 0 Å². The summed E-state index contributed by atoms with van der Waals surface area (Å²) >= 11 is 0. The van der Waals surface area contributed by atoms with Crippen LogP contribution in [0, 0.1) is 0 Å². The number of ether oxygens (including phenoxy) is 1. The molecule has 0 unspecified atom stereocenters. The van der Waals surface area contributed by atoms with E-state index in [1.807, 2.05) is 0 Å². The van der Waals surface area contributed by atoms with Crippen LogP contribution in [0.4, 0.5) is 0 Å². The highest BCUT2D eigenvalue weighted by Gasteiger charge is 2.11. The molecule has 0 aromatic heterocycles. The van der Waals surface area contributed by atoms with Crippen LogP contribution in [0.2, 0.25) is 0 Å². The molecule has 8 aromatic carbocycles. The first-order valence-electron chi connectivity index (χ1n) is 15.3. The Morgan fingerprint density at radius 2 is 0.600 bits per heavy atom. The lowest BCUT2D eigenvalue weighted by Crippen LogP contribution is -1.90. The van der Waals surface area contributed by atoms with E-state index in [0.717, 1.165) is 44.2 Å². The molecule has 0 atom stereocenters. The van der Waals surface area contributed by atoms with Crippen molar-refractivity contribution in [1.82, 2.24) is 0 Å². The maximum atomic E-state index is 6.71. The van der Waals surface area contributed by atoms with E-state index in [2.05, 4.69) is 182 Å². The molecule has 0 saturated carbocycles. The van der Waals surface area contributed by atoms with Gasteiger partial charge in [0.2, 0.25) is 0 Å². The van der Waals surface area contributed by atoms with Crippen LogP contribution in [0.1, 0.15) is 22.3 Å². The van der Waals surface area contributed by atoms with E-state index < -0.39 is 0 Å². The molecule has 8 rings (SSSR count). The second-order valence-corrected chi connectivity index (χ2v) is 11.3. The Balaban J connectivity index is 1.14. The highest BCUT2D eigenvalue weighted by molar-refractivity contribution is 6.01. The van der Waals surface area contributed by atoms with Crippen molar-refractivity contribution in [2.24, 2.45) is 0 Å².